The Balaban J connectivity index is 1.42. The summed E-state index contributed by atoms with van der Waals surface area (Å²) in [5.41, 5.74) is 2.79. The minimum atomic E-state index is -0.128. The van der Waals surface area contributed by atoms with E-state index in [-0.39, 0.29) is 5.56 Å². The second-order valence-electron chi connectivity index (χ2n) is 7.17. The summed E-state index contributed by atoms with van der Waals surface area (Å²) in [7, 11) is 1.69. The molecule has 1 N–H and O–H groups in total. The second kappa shape index (κ2) is 8.25. The van der Waals surface area contributed by atoms with Gasteiger partial charge in [0.15, 0.2) is 0 Å². The Kier molecular flexibility index (Phi) is 5.37. The van der Waals surface area contributed by atoms with Crippen LogP contribution in [0.5, 0.6) is 5.75 Å². The van der Waals surface area contributed by atoms with E-state index in [0.29, 0.717) is 17.6 Å². The fraction of sp³-hybridized carbons (Fsp3) is 0.318. The summed E-state index contributed by atoms with van der Waals surface area (Å²) in [4.78, 5) is 25.9. The number of anilines is 1. The molecule has 0 amide bonds. The molecule has 0 saturated carbocycles. The minimum Gasteiger partial charge on any atom is -0.497 e. The largest absolute Gasteiger partial charge is 0.497 e. The van der Waals surface area contributed by atoms with Gasteiger partial charge in [0.25, 0.3) is 5.56 Å². The quantitative estimate of drug-likeness (QED) is 0.740. The molecule has 0 atom stereocenters. The number of piperidine rings is 1. The van der Waals surface area contributed by atoms with E-state index < -0.39 is 0 Å². The number of methoxy groups -OCH3 is 1. The van der Waals surface area contributed by atoms with Crippen molar-refractivity contribution in [1.29, 1.82) is 0 Å². The topological polar surface area (TPSA) is 71.1 Å². The molecule has 1 aromatic carbocycles. The van der Waals surface area contributed by atoms with Crippen molar-refractivity contribution < 1.29 is 4.74 Å². The molecule has 0 bridgehead atoms. The molecular weight excluding hydrogens is 352 g/mol. The van der Waals surface area contributed by atoms with Crippen LogP contribution in [-0.2, 0) is 6.42 Å². The molecule has 1 aliphatic rings. The summed E-state index contributed by atoms with van der Waals surface area (Å²) in [6.07, 6.45) is 6.65. The van der Waals surface area contributed by atoms with Gasteiger partial charge in [-0.15, -0.1) is 0 Å². The molecule has 3 aromatic rings. The van der Waals surface area contributed by atoms with E-state index in [0.717, 1.165) is 43.7 Å². The lowest BCUT2D eigenvalue weighted by Crippen LogP contribution is -2.36. The third-order valence-electron chi connectivity index (χ3n) is 5.30. The van der Waals surface area contributed by atoms with Gasteiger partial charge in [0.2, 0.25) is 5.95 Å². The highest BCUT2D eigenvalue weighted by Crippen LogP contribution is 2.25. The van der Waals surface area contributed by atoms with E-state index in [1.807, 2.05) is 24.3 Å². The molecule has 1 saturated heterocycles. The van der Waals surface area contributed by atoms with Crippen LogP contribution in [0.1, 0.15) is 18.4 Å². The number of nitrogens with zero attached hydrogens (tertiary/aromatic N) is 3. The average Bonchev–Trinajstić information content (AvgIpc) is 2.75. The van der Waals surface area contributed by atoms with E-state index in [1.165, 1.54) is 11.6 Å². The van der Waals surface area contributed by atoms with E-state index in [2.05, 4.69) is 32.0 Å². The third kappa shape index (κ3) is 4.22. The number of H-pyrrole nitrogens is 1. The third-order valence-corrected chi connectivity index (χ3v) is 5.30. The van der Waals surface area contributed by atoms with Crippen LogP contribution in [0.25, 0.3) is 11.3 Å². The first kappa shape index (κ1) is 18.2. The number of hydrogen-bond donors (Lipinski definition) is 1. The van der Waals surface area contributed by atoms with Gasteiger partial charge >= 0.3 is 0 Å². The average molecular weight is 376 g/mol. The molecule has 1 fully saturated rings. The molecule has 144 valence electrons. The highest BCUT2D eigenvalue weighted by molar-refractivity contribution is 5.59. The maximum Gasteiger partial charge on any atom is 0.252 e. The van der Waals surface area contributed by atoms with Gasteiger partial charge in [-0.05, 0) is 55.0 Å². The second-order valence-corrected chi connectivity index (χ2v) is 7.17. The molecule has 1 aliphatic heterocycles. The molecule has 4 rings (SSSR count). The predicted octanol–water partition coefficient (Wildman–Crippen LogP) is 3.30. The Morgan fingerprint density at radius 1 is 1.11 bits per heavy atom. The Morgan fingerprint density at radius 2 is 1.82 bits per heavy atom. The number of rotatable bonds is 5. The van der Waals surface area contributed by atoms with Gasteiger partial charge in [-0.2, -0.15) is 0 Å². The molecule has 6 heteroatoms. The Hall–Kier alpha value is -3.15. The molecule has 0 unspecified atom stereocenters. The predicted molar refractivity (Wildman–Crippen MR) is 110 cm³/mol. The van der Waals surface area contributed by atoms with E-state index in [4.69, 9.17) is 4.74 Å². The normalized spacial score (nSPS) is 14.8. The fourth-order valence-electron chi connectivity index (χ4n) is 3.71. The number of aromatic nitrogens is 3. The van der Waals surface area contributed by atoms with Crippen LogP contribution >= 0.6 is 0 Å². The zero-order valence-corrected chi connectivity index (χ0v) is 16.0. The zero-order valence-electron chi connectivity index (χ0n) is 16.0. The van der Waals surface area contributed by atoms with Crippen LogP contribution in [0.3, 0.4) is 0 Å². The first-order chi connectivity index (χ1) is 13.7. The Bertz CT molecular complexity index is 962. The van der Waals surface area contributed by atoms with Gasteiger partial charge in [0.05, 0.1) is 12.8 Å². The first-order valence-corrected chi connectivity index (χ1v) is 9.61. The van der Waals surface area contributed by atoms with E-state index >= 15 is 0 Å². The fourth-order valence-corrected chi connectivity index (χ4v) is 3.71. The van der Waals surface area contributed by atoms with Crippen molar-refractivity contribution >= 4 is 5.95 Å². The van der Waals surface area contributed by atoms with Gasteiger partial charge in [-0.25, -0.2) is 4.98 Å². The molecule has 0 spiro atoms. The van der Waals surface area contributed by atoms with Crippen molar-refractivity contribution in [1.82, 2.24) is 15.0 Å². The zero-order chi connectivity index (χ0) is 19.3. The summed E-state index contributed by atoms with van der Waals surface area (Å²) in [6, 6.07) is 13.6. The number of benzene rings is 1. The van der Waals surface area contributed by atoms with Crippen LogP contribution < -0.4 is 15.2 Å². The number of ether oxygens (including phenoxy) is 1. The van der Waals surface area contributed by atoms with Crippen molar-refractivity contribution in [2.24, 2.45) is 5.92 Å². The van der Waals surface area contributed by atoms with Crippen molar-refractivity contribution in [3.05, 3.63) is 70.8 Å². The van der Waals surface area contributed by atoms with Crippen LogP contribution in [0.2, 0.25) is 0 Å². The molecule has 0 radical (unpaired) electrons. The molecule has 0 aliphatic carbocycles. The van der Waals surface area contributed by atoms with Crippen LogP contribution in [0.15, 0.2) is 59.7 Å². The lowest BCUT2D eigenvalue weighted by Gasteiger charge is -2.32. The summed E-state index contributed by atoms with van der Waals surface area (Å²) in [6.45, 7) is 1.78. The lowest BCUT2D eigenvalue weighted by atomic mass is 9.90. The first-order valence-electron chi connectivity index (χ1n) is 9.61. The maximum atomic E-state index is 12.1. The van der Waals surface area contributed by atoms with Crippen LogP contribution in [0, 0.1) is 5.92 Å². The van der Waals surface area contributed by atoms with Crippen molar-refractivity contribution in [3.8, 4) is 17.0 Å². The monoisotopic (exact) mass is 376 g/mol. The Morgan fingerprint density at radius 3 is 2.50 bits per heavy atom. The number of aromatic amines is 1. The standard InChI is InChI=1S/C22H24N4O2/c1-28-19-4-2-16(3-5-19)14-17-8-12-26(13-9-17)22-24-20(15-21(27)25-22)18-6-10-23-11-7-18/h2-7,10-11,15,17H,8-9,12-14H2,1H3,(H,24,25,27). The molecular formula is C22H24N4O2. The maximum absolute atomic E-state index is 12.1. The molecule has 3 heterocycles. The van der Waals surface area contributed by atoms with Crippen LogP contribution in [-0.4, -0.2) is 35.2 Å². The lowest BCUT2D eigenvalue weighted by molar-refractivity contribution is 0.399. The van der Waals surface area contributed by atoms with Gasteiger partial charge in [-0.1, -0.05) is 12.1 Å². The van der Waals surface area contributed by atoms with Crippen molar-refractivity contribution in [2.45, 2.75) is 19.3 Å². The molecule has 6 nitrogen and oxygen atoms in total. The SMILES string of the molecule is COc1ccc(CC2CCN(c3nc(-c4ccncc4)cc(=O)[nH]3)CC2)cc1. The van der Waals surface area contributed by atoms with Crippen LogP contribution in [0.4, 0.5) is 5.95 Å². The highest BCUT2D eigenvalue weighted by atomic mass is 16.5. The molecule has 28 heavy (non-hydrogen) atoms. The summed E-state index contributed by atoms with van der Waals surface area (Å²) >= 11 is 0. The summed E-state index contributed by atoms with van der Waals surface area (Å²) in [5.74, 6) is 2.18. The van der Waals surface area contributed by atoms with Gasteiger partial charge < -0.3 is 9.64 Å². The Labute approximate surface area is 164 Å². The summed E-state index contributed by atoms with van der Waals surface area (Å²) < 4.78 is 5.23. The van der Waals surface area contributed by atoms with Crippen molar-refractivity contribution in [3.63, 3.8) is 0 Å². The number of pyridine rings is 1. The van der Waals surface area contributed by atoms with E-state index in [9.17, 15) is 4.79 Å². The highest BCUT2D eigenvalue weighted by Gasteiger charge is 2.21. The van der Waals surface area contributed by atoms with E-state index in [1.54, 1.807) is 19.5 Å². The summed E-state index contributed by atoms with van der Waals surface area (Å²) in [5, 5.41) is 0. The van der Waals surface area contributed by atoms with Gasteiger partial charge in [0, 0.05) is 37.1 Å². The van der Waals surface area contributed by atoms with Gasteiger partial charge in [0.1, 0.15) is 5.75 Å². The van der Waals surface area contributed by atoms with Crippen molar-refractivity contribution in [2.75, 3.05) is 25.1 Å². The number of hydrogen-bond acceptors (Lipinski definition) is 5. The van der Waals surface area contributed by atoms with Gasteiger partial charge in [-0.3, -0.25) is 14.8 Å². The number of nitrogens with one attached hydrogen (secondary N) is 1. The molecule has 2 aromatic heterocycles. The smallest absolute Gasteiger partial charge is 0.252 e. The minimum absolute atomic E-state index is 0.128.